The van der Waals surface area contributed by atoms with Crippen molar-refractivity contribution >= 4 is 22.3 Å². The van der Waals surface area contributed by atoms with E-state index in [-0.39, 0.29) is 0 Å². The Balaban J connectivity index is 1.34. The molecule has 0 aliphatic carbocycles. The molecule has 22 heavy (non-hydrogen) atoms. The third-order valence-corrected chi connectivity index (χ3v) is 4.76. The predicted molar refractivity (Wildman–Crippen MR) is 90.1 cm³/mol. The van der Waals surface area contributed by atoms with Crippen LogP contribution in [0, 0.1) is 0 Å². The minimum absolute atomic E-state index is 0.570. The lowest BCUT2D eigenvalue weighted by Gasteiger charge is -2.35. The molecule has 2 N–H and O–H groups in total. The molecule has 1 aliphatic rings. The zero-order valence-corrected chi connectivity index (χ0v) is 13.5. The molecule has 2 aromatic heterocycles. The van der Waals surface area contributed by atoms with Crippen LogP contribution in [0.15, 0.2) is 24.4 Å². The first kappa shape index (κ1) is 15.2. The van der Waals surface area contributed by atoms with Crippen molar-refractivity contribution in [3.05, 3.63) is 29.4 Å². The van der Waals surface area contributed by atoms with E-state index in [1.807, 2.05) is 12.3 Å². The van der Waals surface area contributed by atoms with Crippen molar-refractivity contribution in [2.45, 2.75) is 19.3 Å². The van der Waals surface area contributed by atoms with Gasteiger partial charge in [-0.1, -0.05) is 17.4 Å². The molecule has 6 nitrogen and oxygen atoms in total. The monoisotopic (exact) mass is 318 g/mol. The van der Waals surface area contributed by atoms with Crippen LogP contribution in [0.1, 0.15) is 17.8 Å². The van der Waals surface area contributed by atoms with Crippen LogP contribution in [0.25, 0.3) is 0 Å². The van der Waals surface area contributed by atoms with Gasteiger partial charge in [0.15, 0.2) is 0 Å². The molecule has 0 atom stereocenters. The first-order valence-electron chi connectivity index (χ1n) is 7.77. The molecule has 0 unspecified atom stereocenters. The van der Waals surface area contributed by atoms with E-state index in [0.717, 1.165) is 56.4 Å². The first-order valence-corrected chi connectivity index (χ1v) is 8.59. The number of hydrogen-bond donors (Lipinski definition) is 1. The maximum absolute atomic E-state index is 5.59. The van der Waals surface area contributed by atoms with Crippen LogP contribution in [0.5, 0.6) is 0 Å². The fourth-order valence-corrected chi connectivity index (χ4v) is 3.37. The molecule has 0 saturated carbocycles. The van der Waals surface area contributed by atoms with Crippen molar-refractivity contribution in [3.63, 3.8) is 0 Å². The molecule has 3 heterocycles. The van der Waals surface area contributed by atoms with Crippen molar-refractivity contribution in [1.82, 2.24) is 20.1 Å². The first-order chi connectivity index (χ1) is 10.8. The second-order valence-electron chi connectivity index (χ2n) is 5.51. The summed E-state index contributed by atoms with van der Waals surface area (Å²) < 4.78 is 0. The Morgan fingerprint density at radius 2 is 1.95 bits per heavy atom. The number of nitrogen functional groups attached to an aromatic ring is 1. The van der Waals surface area contributed by atoms with Crippen LogP contribution in [0.2, 0.25) is 0 Å². The van der Waals surface area contributed by atoms with Gasteiger partial charge in [0.25, 0.3) is 0 Å². The molecule has 1 saturated heterocycles. The van der Waals surface area contributed by atoms with Gasteiger partial charge < -0.3 is 10.6 Å². The van der Waals surface area contributed by atoms with Gasteiger partial charge in [0.05, 0.1) is 0 Å². The zero-order chi connectivity index (χ0) is 15.2. The smallest absolute Gasteiger partial charge is 0.203 e. The maximum Gasteiger partial charge on any atom is 0.203 e. The molecule has 2 aromatic rings. The highest BCUT2D eigenvalue weighted by Crippen LogP contribution is 2.15. The summed E-state index contributed by atoms with van der Waals surface area (Å²) in [5, 5.41) is 9.53. The van der Waals surface area contributed by atoms with E-state index in [1.54, 1.807) is 0 Å². The van der Waals surface area contributed by atoms with Crippen LogP contribution in [0.3, 0.4) is 0 Å². The van der Waals surface area contributed by atoms with Gasteiger partial charge in [-0.15, -0.1) is 10.2 Å². The third-order valence-electron chi connectivity index (χ3n) is 3.94. The van der Waals surface area contributed by atoms with Gasteiger partial charge in [-0.05, 0) is 31.5 Å². The largest absolute Gasteiger partial charge is 0.374 e. The third kappa shape index (κ3) is 4.14. The molecule has 0 radical (unpaired) electrons. The summed E-state index contributed by atoms with van der Waals surface area (Å²) in [5.74, 6) is 1.09. The van der Waals surface area contributed by atoms with Crippen molar-refractivity contribution in [1.29, 1.82) is 0 Å². The lowest BCUT2D eigenvalue weighted by Crippen LogP contribution is -2.46. The van der Waals surface area contributed by atoms with E-state index < -0.39 is 0 Å². The second kappa shape index (κ2) is 7.51. The highest BCUT2D eigenvalue weighted by atomic mass is 32.1. The Morgan fingerprint density at radius 1 is 1.09 bits per heavy atom. The van der Waals surface area contributed by atoms with E-state index in [2.05, 4.69) is 37.1 Å². The SMILES string of the molecule is Nc1nnc(CCCCN2CCN(c3ccccn3)CC2)s1. The lowest BCUT2D eigenvalue weighted by atomic mass is 10.2. The molecular weight excluding hydrogens is 296 g/mol. The Morgan fingerprint density at radius 3 is 2.64 bits per heavy atom. The van der Waals surface area contributed by atoms with Gasteiger partial charge in [-0.2, -0.15) is 0 Å². The molecule has 0 aromatic carbocycles. The Labute approximate surface area is 135 Å². The second-order valence-corrected chi connectivity index (χ2v) is 6.60. The molecule has 118 valence electrons. The van der Waals surface area contributed by atoms with Crippen molar-refractivity contribution in [2.24, 2.45) is 0 Å². The summed E-state index contributed by atoms with van der Waals surface area (Å²) in [4.78, 5) is 9.32. The number of unbranched alkanes of at least 4 members (excludes halogenated alkanes) is 1. The van der Waals surface area contributed by atoms with Crippen LogP contribution in [0.4, 0.5) is 10.9 Å². The number of piperazine rings is 1. The fraction of sp³-hybridized carbons (Fsp3) is 0.533. The summed E-state index contributed by atoms with van der Waals surface area (Å²) in [7, 11) is 0. The van der Waals surface area contributed by atoms with Crippen molar-refractivity contribution < 1.29 is 0 Å². The van der Waals surface area contributed by atoms with E-state index in [0.29, 0.717) is 5.13 Å². The molecule has 0 spiro atoms. The minimum atomic E-state index is 0.570. The number of nitrogens with zero attached hydrogens (tertiary/aromatic N) is 5. The van der Waals surface area contributed by atoms with Gasteiger partial charge >= 0.3 is 0 Å². The van der Waals surface area contributed by atoms with Crippen LogP contribution in [-0.2, 0) is 6.42 Å². The van der Waals surface area contributed by atoms with Crippen molar-refractivity contribution in [3.8, 4) is 0 Å². The molecule has 3 rings (SSSR count). The number of aromatic nitrogens is 3. The summed E-state index contributed by atoms with van der Waals surface area (Å²) in [6.45, 7) is 5.50. The number of rotatable bonds is 6. The summed E-state index contributed by atoms with van der Waals surface area (Å²) in [5.41, 5.74) is 5.59. The highest BCUT2D eigenvalue weighted by molar-refractivity contribution is 7.15. The van der Waals surface area contributed by atoms with E-state index in [4.69, 9.17) is 5.73 Å². The molecule has 1 fully saturated rings. The van der Waals surface area contributed by atoms with Crippen LogP contribution >= 0.6 is 11.3 Å². The number of pyridine rings is 1. The zero-order valence-electron chi connectivity index (χ0n) is 12.7. The van der Waals surface area contributed by atoms with Gasteiger partial charge in [0.1, 0.15) is 10.8 Å². The number of nitrogens with two attached hydrogens (primary N) is 1. The summed E-state index contributed by atoms with van der Waals surface area (Å²) >= 11 is 1.50. The Kier molecular flexibility index (Phi) is 5.18. The standard InChI is InChI=1S/C15H22N6S/c16-15-19-18-14(22-15)6-2-4-8-20-9-11-21(12-10-20)13-5-1-3-7-17-13/h1,3,5,7H,2,4,6,8-12H2,(H2,16,19). The normalized spacial score (nSPS) is 16.1. The average Bonchev–Trinajstić information content (AvgIpc) is 2.98. The van der Waals surface area contributed by atoms with Gasteiger partial charge in [0.2, 0.25) is 5.13 Å². The van der Waals surface area contributed by atoms with E-state index in [1.165, 1.54) is 17.8 Å². The summed E-state index contributed by atoms with van der Waals surface area (Å²) in [6.07, 6.45) is 5.20. The predicted octanol–water partition coefficient (Wildman–Crippen LogP) is 1.66. The fourth-order valence-electron chi connectivity index (χ4n) is 2.72. The van der Waals surface area contributed by atoms with Crippen molar-refractivity contribution in [2.75, 3.05) is 43.4 Å². The van der Waals surface area contributed by atoms with Gasteiger partial charge in [-0.3, -0.25) is 4.90 Å². The minimum Gasteiger partial charge on any atom is -0.374 e. The number of hydrogen-bond acceptors (Lipinski definition) is 7. The topological polar surface area (TPSA) is 71.2 Å². The van der Waals surface area contributed by atoms with Gasteiger partial charge in [0, 0.05) is 38.8 Å². The number of anilines is 2. The Hall–Kier alpha value is -1.73. The molecule has 0 amide bonds. The van der Waals surface area contributed by atoms with E-state index >= 15 is 0 Å². The maximum atomic E-state index is 5.59. The summed E-state index contributed by atoms with van der Waals surface area (Å²) in [6, 6.07) is 6.10. The number of aryl methyl sites for hydroxylation is 1. The average molecular weight is 318 g/mol. The van der Waals surface area contributed by atoms with E-state index in [9.17, 15) is 0 Å². The van der Waals surface area contributed by atoms with Crippen LogP contribution in [-0.4, -0.2) is 52.8 Å². The quantitative estimate of drug-likeness (QED) is 0.817. The highest BCUT2D eigenvalue weighted by Gasteiger charge is 2.17. The molecule has 7 heteroatoms. The molecule has 0 bridgehead atoms. The molecular formula is C15H22N6S. The Bertz CT molecular complexity index is 564. The lowest BCUT2D eigenvalue weighted by molar-refractivity contribution is 0.252. The van der Waals surface area contributed by atoms with Gasteiger partial charge in [-0.25, -0.2) is 4.98 Å². The molecule has 1 aliphatic heterocycles. The van der Waals surface area contributed by atoms with Crippen LogP contribution < -0.4 is 10.6 Å².